The minimum atomic E-state index is -0.372. The Labute approximate surface area is 179 Å². The standard InChI is InChI=1S/C22H24N8O/c1-13-8-9-16(20-27-26-18-7-5-4-6-10-29(18)20)12-17(13)24-21(31)19-25-22-23-14(2)11-15(3)30(22)28-19/h8-9,11-12H,4-7,10H2,1-3H3,(H,24,31). The Bertz CT molecular complexity index is 1300. The second-order valence-electron chi connectivity index (χ2n) is 8.07. The van der Waals surface area contributed by atoms with Crippen molar-refractivity contribution in [3.63, 3.8) is 0 Å². The highest BCUT2D eigenvalue weighted by Crippen LogP contribution is 2.27. The van der Waals surface area contributed by atoms with Crippen molar-refractivity contribution in [3.05, 3.63) is 52.9 Å². The SMILES string of the molecule is Cc1cc(C)n2nc(C(=O)Nc3cc(-c4nnc5n4CCCCC5)ccc3C)nc2n1. The number of carbonyl (C=O) groups excluding carboxylic acids is 1. The van der Waals surface area contributed by atoms with E-state index in [0.717, 1.165) is 60.0 Å². The summed E-state index contributed by atoms with van der Waals surface area (Å²) in [6, 6.07) is 7.85. The van der Waals surface area contributed by atoms with Gasteiger partial charge in [-0.05, 0) is 51.3 Å². The first kappa shape index (κ1) is 19.3. The minimum absolute atomic E-state index is 0.0855. The summed E-state index contributed by atoms with van der Waals surface area (Å²) in [6.07, 6.45) is 4.43. The van der Waals surface area contributed by atoms with Gasteiger partial charge in [0.25, 0.3) is 11.7 Å². The Morgan fingerprint density at radius 1 is 1.03 bits per heavy atom. The Balaban J connectivity index is 1.46. The van der Waals surface area contributed by atoms with Crippen LogP contribution in [-0.4, -0.2) is 40.3 Å². The van der Waals surface area contributed by atoms with Crippen molar-refractivity contribution in [3.8, 4) is 11.4 Å². The highest BCUT2D eigenvalue weighted by atomic mass is 16.2. The lowest BCUT2D eigenvalue weighted by atomic mass is 10.1. The smallest absolute Gasteiger partial charge is 0.295 e. The molecule has 158 valence electrons. The molecule has 0 saturated heterocycles. The Morgan fingerprint density at radius 2 is 1.90 bits per heavy atom. The molecule has 0 fully saturated rings. The van der Waals surface area contributed by atoms with Crippen molar-refractivity contribution >= 4 is 17.4 Å². The van der Waals surface area contributed by atoms with Crippen LogP contribution < -0.4 is 5.32 Å². The molecule has 9 nitrogen and oxygen atoms in total. The molecule has 0 saturated carbocycles. The second kappa shape index (κ2) is 7.57. The van der Waals surface area contributed by atoms with E-state index in [1.807, 2.05) is 45.0 Å². The summed E-state index contributed by atoms with van der Waals surface area (Å²) in [4.78, 5) is 21.6. The Hall–Kier alpha value is -3.62. The van der Waals surface area contributed by atoms with E-state index >= 15 is 0 Å². The lowest BCUT2D eigenvalue weighted by Gasteiger charge is -2.11. The van der Waals surface area contributed by atoms with Crippen LogP contribution in [0.25, 0.3) is 17.2 Å². The van der Waals surface area contributed by atoms with Crippen molar-refractivity contribution in [2.45, 2.75) is 53.0 Å². The van der Waals surface area contributed by atoms with Gasteiger partial charge < -0.3 is 9.88 Å². The lowest BCUT2D eigenvalue weighted by molar-refractivity contribution is 0.101. The monoisotopic (exact) mass is 416 g/mol. The lowest BCUT2D eigenvalue weighted by Crippen LogP contribution is -2.15. The van der Waals surface area contributed by atoms with Crippen molar-refractivity contribution in [2.24, 2.45) is 0 Å². The normalized spacial score (nSPS) is 13.8. The largest absolute Gasteiger partial charge is 0.319 e. The number of amides is 1. The number of nitrogens with zero attached hydrogens (tertiary/aromatic N) is 7. The van der Waals surface area contributed by atoms with Gasteiger partial charge in [-0.3, -0.25) is 4.79 Å². The third-order valence-electron chi connectivity index (χ3n) is 5.67. The van der Waals surface area contributed by atoms with Gasteiger partial charge in [-0.1, -0.05) is 18.6 Å². The second-order valence-corrected chi connectivity index (χ2v) is 8.07. The van der Waals surface area contributed by atoms with Gasteiger partial charge in [-0.2, -0.15) is 4.98 Å². The van der Waals surface area contributed by atoms with E-state index in [9.17, 15) is 4.79 Å². The molecule has 0 unspecified atom stereocenters. The summed E-state index contributed by atoms with van der Waals surface area (Å²) in [6.45, 7) is 6.68. The summed E-state index contributed by atoms with van der Waals surface area (Å²) < 4.78 is 3.78. The summed E-state index contributed by atoms with van der Waals surface area (Å²) in [7, 11) is 0. The maximum Gasteiger partial charge on any atom is 0.295 e. The van der Waals surface area contributed by atoms with Gasteiger partial charge in [-0.15, -0.1) is 15.3 Å². The fraction of sp³-hybridized carbons (Fsp3) is 0.364. The molecule has 1 aliphatic heterocycles. The number of hydrogen-bond acceptors (Lipinski definition) is 6. The first-order chi connectivity index (χ1) is 15.0. The van der Waals surface area contributed by atoms with Crippen molar-refractivity contribution in [1.82, 2.24) is 34.3 Å². The quantitative estimate of drug-likeness (QED) is 0.550. The summed E-state index contributed by atoms with van der Waals surface area (Å²) in [5, 5.41) is 16.1. The van der Waals surface area contributed by atoms with E-state index in [1.54, 1.807) is 4.52 Å². The van der Waals surface area contributed by atoms with Crippen LogP contribution >= 0.6 is 0 Å². The molecule has 4 aromatic rings. The van der Waals surface area contributed by atoms with Crippen LogP contribution in [0.3, 0.4) is 0 Å². The predicted octanol–water partition coefficient (Wildman–Crippen LogP) is 3.29. The molecule has 1 amide bonds. The maximum atomic E-state index is 12.9. The van der Waals surface area contributed by atoms with Gasteiger partial charge in [-0.25, -0.2) is 9.50 Å². The number of nitrogens with one attached hydrogen (secondary N) is 1. The van der Waals surface area contributed by atoms with E-state index in [2.05, 4.69) is 35.1 Å². The topological polar surface area (TPSA) is 103 Å². The molecule has 1 aliphatic rings. The first-order valence-electron chi connectivity index (χ1n) is 10.5. The highest BCUT2D eigenvalue weighted by molar-refractivity contribution is 6.02. The van der Waals surface area contributed by atoms with E-state index in [0.29, 0.717) is 11.5 Å². The molecule has 0 atom stereocenters. The molecule has 31 heavy (non-hydrogen) atoms. The molecule has 1 N–H and O–H groups in total. The van der Waals surface area contributed by atoms with Crippen molar-refractivity contribution in [2.75, 3.05) is 5.32 Å². The molecule has 0 aliphatic carbocycles. The number of fused-ring (bicyclic) bond motifs is 2. The first-order valence-corrected chi connectivity index (χ1v) is 10.5. The predicted molar refractivity (Wildman–Crippen MR) is 116 cm³/mol. The van der Waals surface area contributed by atoms with Crippen LogP contribution in [0.15, 0.2) is 24.3 Å². The summed E-state index contributed by atoms with van der Waals surface area (Å²) in [5.41, 5.74) is 4.28. The molecule has 9 heteroatoms. The van der Waals surface area contributed by atoms with E-state index < -0.39 is 0 Å². The molecular formula is C22H24N8O. The molecule has 0 radical (unpaired) electrons. The zero-order chi connectivity index (χ0) is 21.5. The van der Waals surface area contributed by atoms with Crippen molar-refractivity contribution in [1.29, 1.82) is 0 Å². The number of benzene rings is 1. The number of carbonyl (C=O) groups is 1. The number of aryl methyl sites for hydroxylation is 4. The zero-order valence-electron chi connectivity index (χ0n) is 17.9. The van der Waals surface area contributed by atoms with Gasteiger partial charge in [0, 0.05) is 35.6 Å². The molecule has 0 bridgehead atoms. The molecular weight excluding hydrogens is 392 g/mol. The summed E-state index contributed by atoms with van der Waals surface area (Å²) >= 11 is 0. The van der Waals surface area contributed by atoms with Gasteiger partial charge in [0.05, 0.1) is 0 Å². The summed E-state index contributed by atoms with van der Waals surface area (Å²) in [5.74, 6) is 2.00. The fourth-order valence-corrected chi connectivity index (χ4v) is 4.04. The molecule has 4 heterocycles. The van der Waals surface area contributed by atoms with Crippen LogP contribution in [-0.2, 0) is 13.0 Å². The zero-order valence-corrected chi connectivity index (χ0v) is 17.9. The van der Waals surface area contributed by atoms with Gasteiger partial charge in [0.15, 0.2) is 5.82 Å². The Kier molecular flexibility index (Phi) is 4.72. The Morgan fingerprint density at radius 3 is 2.77 bits per heavy atom. The molecule has 1 aromatic carbocycles. The number of aromatic nitrogens is 7. The van der Waals surface area contributed by atoms with E-state index in [1.165, 1.54) is 6.42 Å². The number of rotatable bonds is 3. The van der Waals surface area contributed by atoms with Crippen molar-refractivity contribution < 1.29 is 4.79 Å². The third-order valence-corrected chi connectivity index (χ3v) is 5.67. The van der Waals surface area contributed by atoms with Crippen LogP contribution in [0.1, 0.15) is 52.7 Å². The van der Waals surface area contributed by atoms with E-state index in [-0.39, 0.29) is 11.7 Å². The van der Waals surface area contributed by atoms with E-state index in [4.69, 9.17) is 0 Å². The van der Waals surface area contributed by atoms with Gasteiger partial charge >= 0.3 is 0 Å². The van der Waals surface area contributed by atoms with Gasteiger partial charge in [0.2, 0.25) is 5.82 Å². The highest BCUT2D eigenvalue weighted by Gasteiger charge is 2.19. The van der Waals surface area contributed by atoms with Crippen LogP contribution in [0.4, 0.5) is 5.69 Å². The van der Waals surface area contributed by atoms with Crippen LogP contribution in [0.5, 0.6) is 0 Å². The van der Waals surface area contributed by atoms with Crippen LogP contribution in [0.2, 0.25) is 0 Å². The molecule has 0 spiro atoms. The minimum Gasteiger partial charge on any atom is -0.319 e. The number of hydrogen-bond donors (Lipinski definition) is 1. The number of anilines is 1. The molecule has 3 aromatic heterocycles. The maximum absolute atomic E-state index is 12.9. The fourth-order valence-electron chi connectivity index (χ4n) is 4.04. The molecule has 5 rings (SSSR count). The average molecular weight is 416 g/mol. The average Bonchev–Trinajstić information content (AvgIpc) is 3.27. The third kappa shape index (κ3) is 3.56. The van der Waals surface area contributed by atoms with Crippen LogP contribution in [0, 0.1) is 20.8 Å². The van der Waals surface area contributed by atoms with Gasteiger partial charge in [0.1, 0.15) is 5.82 Å².